The number of halogens is 1. The molecule has 1 aromatic carbocycles. The number of esters is 1. The highest BCUT2D eigenvalue weighted by Crippen LogP contribution is 2.21. The minimum atomic E-state index is -0.306. The smallest absolute Gasteiger partial charge is 0.308 e. The van der Waals surface area contributed by atoms with Crippen LogP contribution < -0.4 is 4.74 Å². The van der Waals surface area contributed by atoms with Gasteiger partial charge in [0.25, 0.3) is 0 Å². The average molecular weight is 320 g/mol. The topological polar surface area (TPSA) is 35.5 Å². The van der Waals surface area contributed by atoms with Crippen LogP contribution in [0.2, 0.25) is 0 Å². The van der Waals surface area contributed by atoms with Gasteiger partial charge in [-0.2, -0.15) is 0 Å². The second kappa shape index (κ2) is 6.07. The highest BCUT2D eigenvalue weighted by Gasteiger charge is 2.08. The molecule has 0 saturated carbocycles. The summed E-state index contributed by atoms with van der Waals surface area (Å²) >= 11 is 2.27. The van der Waals surface area contributed by atoms with Gasteiger partial charge in [0.1, 0.15) is 5.75 Å². The monoisotopic (exact) mass is 320 g/mol. The first-order valence-corrected chi connectivity index (χ1v) is 6.07. The van der Waals surface area contributed by atoms with Crippen LogP contribution in [0.1, 0.15) is 18.6 Å². The largest absolute Gasteiger partial charge is 0.427 e. The van der Waals surface area contributed by atoms with E-state index in [-0.39, 0.29) is 12.1 Å². The normalized spacial score (nSPS) is 12.2. The summed E-state index contributed by atoms with van der Waals surface area (Å²) in [5, 5.41) is 0. The van der Waals surface area contributed by atoms with Gasteiger partial charge in [-0.05, 0) is 17.7 Å². The van der Waals surface area contributed by atoms with Crippen molar-refractivity contribution < 1.29 is 14.3 Å². The van der Waals surface area contributed by atoms with Crippen LogP contribution in [0.25, 0.3) is 0 Å². The van der Waals surface area contributed by atoms with E-state index in [0.717, 1.165) is 9.99 Å². The zero-order valence-electron chi connectivity index (χ0n) is 8.70. The Morgan fingerprint density at radius 1 is 1.40 bits per heavy atom. The number of hydrogen-bond acceptors (Lipinski definition) is 3. The number of rotatable bonds is 4. The van der Waals surface area contributed by atoms with Crippen LogP contribution in [0.5, 0.6) is 5.75 Å². The number of methoxy groups -OCH3 is 1. The van der Waals surface area contributed by atoms with Crippen LogP contribution in [-0.4, -0.2) is 17.5 Å². The lowest BCUT2D eigenvalue weighted by Crippen LogP contribution is -2.04. The third-order valence-corrected chi connectivity index (χ3v) is 2.74. The van der Waals surface area contributed by atoms with E-state index in [2.05, 4.69) is 22.6 Å². The number of hydrogen-bond donors (Lipinski definition) is 0. The molecule has 0 aliphatic heterocycles. The molecule has 4 heteroatoms. The summed E-state index contributed by atoms with van der Waals surface area (Å²) in [6.07, 6.45) is 0.0944. The molecule has 0 fully saturated rings. The molecule has 3 nitrogen and oxygen atoms in total. The van der Waals surface area contributed by atoms with Gasteiger partial charge in [0.2, 0.25) is 0 Å². The fraction of sp³-hybridized carbons (Fsp3) is 0.364. The Morgan fingerprint density at radius 3 is 2.40 bits per heavy atom. The summed E-state index contributed by atoms with van der Waals surface area (Å²) in [4.78, 5) is 10.7. The Labute approximate surface area is 103 Å². The first kappa shape index (κ1) is 12.4. The van der Waals surface area contributed by atoms with Crippen molar-refractivity contribution in [1.29, 1.82) is 0 Å². The maximum absolute atomic E-state index is 10.7. The first-order valence-electron chi connectivity index (χ1n) is 4.54. The van der Waals surface area contributed by atoms with E-state index in [9.17, 15) is 4.79 Å². The summed E-state index contributed by atoms with van der Waals surface area (Å²) < 4.78 is 11.1. The molecule has 0 bridgehead atoms. The van der Waals surface area contributed by atoms with E-state index < -0.39 is 0 Å². The third kappa shape index (κ3) is 3.79. The molecule has 1 rings (SSSR count). The molecule has 0 aliphatic carbocycles. The lowest BCUT2D eigenvalue weighted by atomic mass is 10.1. The van der Waals surface area contributed by atoms with Gasteiger partial charge in [0.15, 0.2) is 0 Å². The number of ether oxygens (including phenoxy) is 2. The van der Waals surface area contributed by atoms with E-state index in [1.54, 1.807) is 19.2 Å². The number of carbonyl (C=O) groups is 1. The van der Waals surface area contributed by atoms with Crippen molar-refractivity contribution in [3.63, 3.8) is 0 Å². The third-order valence-electron chi connectivity index (χ3n) is 1.94. The summed E-state index contributed by atoms with van der Waals surface area (Å²) in [6, 6.07) is 7.36. The van der Waals surface area contributed by atoms with Crippen LogP contribution in [0.3, 0.4) is 0 Å². The average Bonchev–Trinajstić information content (AvgIpc) is 2.21. The van der Waals surface area contributed by atoms with Gasteiger partial charge in [-0.1, -0.05) is 34.7 Å². The SMILES string of the molecule is CO[C@H](CI)c1ccc(OC(C)=O)cc1. The molecule has 0 amide bonds. The van der Waals surface area contributed by atoms with Crippen LogP contribution in [0, 0.1) is 0 Å². The maximum atomic E-state index is 10.7. The Balaban J connectivity index is 2.75. The van der Waals surface area contributed by atoms with Gasteiger partial charge in [0, 0.05) is 18.5 Å². The molecule has 15 heavy (non-hydrogen) atoms. The second-order valence-corrected chi connectivity index (χ2v) is 3.92. The summed E-state index contributed by atoms with van der Waals surface area (Å²) in [5.74, 6) is 0.259. The predicted octanol–water partition coefficient (Wildman–Crippen LogP) is 2.73. The molecule has 1 aromatic rings. The van der Waals surface area contributed by atoms with Gasteiger partial charge < -0.3 is 9.47 Å². The maximum Gasteiger partial charge on any atom is 0.308 e. The van der Waals surface area contributed by atoms with E-state index in [0.29, 0.717) is 5.75 Å². The highest BCUT2D eigenvalue weighted by atomic mass is 127. The molecular formula is C11H13IO3. The highest BCUT2D eigenvalue weighted by molar-refractivity contribution is 14.1. The van der Waals surface area contributed by atoms with Gasteiger partial charge in [0.05, 0.1) is 6.10 Å². The summed E-state index contributed by atoms with van der Waals surface area (Å²) in [6.45, 7) is 1.39. The molecule has 0 aromatic heterocycles. The second-order valence-electron chi connectivity index (χ2n) is 3.04. The van der Waals surface area contributed by atoms with E-state index in [1.165, 1.54) is 6.92 Å². The lowest BCUT2D eigenvalue weighted by molar-refractivity contribution is -0.131. The Kier molecular flexibility index (Phi) is 5.04. The number of benzene rings is 1. The lowest BCUT2D eigenvalue weighted by Gasteiger charge is -2.12. The van der Waals surface area contributed by atoms with E-state index in [4.69, 9.17) is 9.47 Å². The van der Waals surface area contributed by atoms with E-state index >= 15 is 0 Å². The zero-order chi connectivity index (χ0) is 11.3. The molecule has 0 saturated heterocycles. The molecule has 0 radical (unpaired) electrons. The molecule has 0 N–H and O–H groups in total. The zero-order valence-corrected chi connectivity index (χ0v) is 10.9. The molecule has 1 atom stereocenters. The Morgan fingerprint density at radius 2 is 2.00 bits per heavy atom. The van der Waals surface area contributed by atoms with Crippen molar-refractivity contribution in [2.24, 2.45) is 0 Å². The Hall–Kier alpha value is -0.620. The fourth-order valence-electron chi connectivity index (χ4n) is 1.20. The van der Waals surface area contributed by atoms with Crippen LogP contribution in [0.4, 0.5) is 0 Å². The minimum Gasteiger partial charge on any atom is -0.427 e. The van der Waals surface area contributed by atoms with Crippen molar-refractivity contribution >= 4 is 28.6 Å². The van der Waals surface area contributed by atoms with Crippen molar-refractivity contribution in [3.8, 4) is 5.75 Å². The standard InChI is InChI=1S/C11H13IO3/c1-8(13)15-10-5-3-9(4-6-10)11(7-12)14-2/h3-6,11H,7H2,1-2H3/t11-/m1/s1. The molecule has 0 unspecified atom stereocenters. The molecular weight excluding hydrogens is 307 g/mol. The van der Waals surface area contributed by atoms with Crippen molar-refractivity contribution in [3.05, 3.63) is 29.8 Å². The molecule has 0 aliphatic rings. The Bertz CT molecular complexity index is 317. The van der Waals surface area contributed by atoms with Crippen molar-refractivity contribution in [1.82, 2.24) is 0 Å². The van der Waals surface area contributed by atoms with E-state index in [1.807, 2.05) is 12.1 Å². The number of carbonyl (C=O) groups excluding carboxylic acids is 1. The molecule has 0 spiro atoms. The molecule has 82 valence electrons. The molecule has 0 heterocycles. The fourth-order valence-corrected chi connectivity index (χ4v) is 2.07. The van der Waals surface area contributed by atoms with Crippen LogP contribution >= 0.6 is 22.6 Å². The van der Waals surface area contributed by atoms with Gasteiger partial charge in [-0.15, -0.1) is 0 Å². The van der Waals surface area contributed by atoms with Gasteiger partial charge in [-0.3, -0.25) is 4.79 Å². The minimum absolute atomic E-state index is 0.0944. The summed E-state index contributed by atoms with van der Waals surface area (Å²) in [7, 11) is 1.68. The summed E-state index contributed by atoms with van der Waals surface area (Å²) in [5.41, 5.74) is 1.09. The van der Waals surface area contributed by atoms with Gasteiger partial charge >= 0.3 is 5.97 Å². The van der Waals surface area contributed by atoms with Gasteiger partial charge in [-0.25, -0.2) is 0 Å². The van der Waals surface area contributed by atoms with Crippen molar-refractivity contribution in [2.75, 3.05) is 11.5 Å². The quantitative estimate of drug-likeness (QED) is 0.370. The predicted molar refractivity (Wildman–Crippen MR) is 66.4 cm³/mol. The van der Waals surface area contributed by atoms with Crippen LogP contribution in [0.15, 0.2) is 24.3 Å². The van der Waals surface area contributed by atoms with Crippen molar-refractivity contribution in [2.45, 2.75) is 13.0 Å². The van der Waals surface area contributed by atoms with Crippen LogP contribution in [-0.2, 0) is 9.53 Å². The first-order chi connectivity index (χ1) is 7.17. The number of alkyl halides is 1.